The van der Waals surface area contributed by atoms with Crippen molar-refractivity contribution in [1.29, 1.82) is 0 Å². The van der Waals surface area contributed by atoms with Gasteiger partial charge < -0.3 is 5.32 Å². The molecule has 2 N–H and O–H groups in total. The molecule has 1 aromatic heterocycles. The Bertz CT molecular complexity index is 347. The second-order valence-electron chi connectivity index (χ2n) is 4.65. The van der Waals surface area contributed by atoms with Gasteiger partial charge in [0.05, 0.1) is 6.04 Å². The highest BCUT2D eigenvalue weighted by molar-refractivity contribution is 7.10. The van der Waals surface area contributed by atoms with Crippen LogP contribution in [-0.4, -0.2) is 18.0 Å². The summed E-state index contributed by atoms with van der Waals surface area (Å²) >= 11 is 1.71. The molecule has 0 saturated carbocycles. The van der Waals surface area contributed by atoms with E-state index in [1.807, 2.05) is 13.0 Å². The molecule has 0 fully saturated rings. The summed E-state index contributed by atoms with van der Waals surface area (Å²) in [5.41, 5.74) is 0. The lowest BCUT2D eigenvalue weighted by molar-refractivity contribution is -0.123. The number of thiophene rings is 1. The van der Waals surface area contributed by atoms with Crippen LogP contribution in [0.5, 0.6) is 0 Å². The fourth-order valence-electron chi connectivity index (χ4n) is 1.89. The Hall–Kier alpha value is -0.870. The van der Waals surface area contributed by atoms with Crippen molar-refractivity contribution < 1.29 is 4.79 Å². The Morgan fingerprint density at radius 1 is 1.33 bits per heavy atom. The van der Waals surface area contributed by atoms with Crippen molar-refractivity contribution in [3.8, 4) is 0 Å². The summed E-state index contributed by atoms with van der Waals surface area (Å²) in [5, 5.41) is 8.46. The molecule has 4 heteroatoms. The minimum atomic E-state index is -0.164. The predicted octanol–water partition coefficient (Wildman–Crippen LogP) is 3.09. The van der Waals surface area contributed by atoms with E-state index >= 15 is 0 Å². The third-order valence-corrected chi connectivity index (χ3v) is 4.25. The van der Waals surface area contributed by atoms with Gasteiger partial charge in [-0.25, -0.2) is 0 Å². The lowest BCUT2D eigenvalue weighted by atomic mass is 10.1. The van der Waals surface area contributed by atoms with Gasteiger partial charge in [-0.05, 0) is 38.1 Å². The van der Waals surface area contributed by atoms with E-state index in [0.717, 1.165) is 12.8 Å². The average molecular weight is 268 g/mol. The minimum Gasteiger partial charge on any atom is -0.352 e. The van der Waals surface area contributed by atoms with Crippen LogP contribution in [0.25, 0.3) is 0 Å². The molecule has 0 spiro atoms. The molecule has 3 nitrogen and oxygen atoms in total. The highest BCUT2D eigenvalue weighted by Crippen LogP contribution is 2.18. The van der Waals surface area contributed by atoms with Gasteiger partial charge in [-0.2, -0.15) is 0 Å². The third-order valence-electron chi connectivity index (χ3n) is 3.20. The van der Waals surface area contributed by atoms with Gasteiger partial charge in [-0.15, -0.1) is 11.3 Å². The Kier molecular flexibility index (Phi) is 6.36. The van der Waals surface area contributed by atoms with Crippen LogP contribution < -0.4 is 10.6 Å². The van der Waals surface area contributed by atoms with E-state index in [9.17, 15) is 4.79 Å². The van der Waals surface area contributed by atoms with E-state index < -0.39 is 0 Å². The van der Waals surface area contributed by atoms with E-state index in [0.29, 0.717) is 6.04 Å². The zero-order valence-corrected chi connectivity index (χ0v) is 12.5. The summed E-state index contributed by atoms with van der Waals surface area (Å²) in [6, 6.07) is 4.47. The maximum Gasteiger partial charge on any atom is 0.237 e. The fourth-order valence-corrected chi connectivity index (χ4v) is 2.63. The molecule has 0 aliphatic carbocycles. The number of hydrogen-bond donors (Lipinski definition) is 2. The van der Waals surface area contributed by atoms with Gasteiger partial charge in [0, 0.05) is 17.0 Å². The lowest BCUT2D eigenvalue weighted by Gasteiger charge is -2.22. The summed E-state index contributed by atoms with van der Waals surface area (Å²) in [5.74, 6) is 0.0899. The van der Waals surface area contributed by atoms with Gasteiger partial charge >= 0.3 is 0 Å². The van der Waals surface area contributed by atoms with Crippen molar-refractivity contribution in [3.05, 3.63) is 22.4 Å². The highest BCUT2D eigenvalue weighted by atomic mass is 32.1. The SMILES string of the molecule is CCC(CC)NC(=O)C(C)N[C@H](C)c1cccs1. The smallest absolute Gasteiger partial charge is 0.237 e. The summed E-state index contributed by atoms with van der Waals surface area (Å²) in [6.45, 7) is 8.20. The van der Waals surface area contributed by atoms with Gasteiger partial charge in [0.1, 0.15) is 0 Å². The standard InChI is InChI=1S/C14H24N2OS/c1-5-12(6-2)16-14(17)11(4)15-10(3)13-8-7-9-18-13/h7-12,15H,5-6H2,1-4H3,(H,16,17)/t10-,11?/m1/s1. The Morgan fingerprint density at radius 2 is 2.00 bits per heavy atom. The quantitative estimate of drug-likeness (QED) is 0.798. The van der Waals surface area contributed by atoms with Gasteiger partial charge in [0.15, 0.2) is 0 Å². The number of rotatable bonds is 7. The Labute approximate surface area is 114 Å². The number of nitrogens with one attached hydrogen (secondary N) is 2. The van der Waals surface area contributed by atoms with Crippen LogP contribution in [0.1, 0.15) is 51.5 Å². The van der Waals surface area contributed by atoms with Crippen LogP contribution in [0, 0.1) is 0 Å². The van der Waals surface area contributed by atoms with E-state index in [2.05, 4.69) is 42.9 Å². The molecule has 0 radical (unpaired) electrons. The highest BCUT2D eigenvalue weighted by Gasteiger charge is 2.18. The zero-order valence-electron chi connectivity index (χ0n) is 11.7. The molecular formula is C14H24N2OS. The van der Waals surface area contributed by atoms with E-state index in [-0.39, 0.29) is 18.0 Å². The van der Waals surface area contributed by atoms with Gasteiger partial charge in [0.25, 0.3) is 0 Å². The van der Waals surface area contributed by atoms with Crippen LogP contribution in [-0.2, 0) is 4.79 Å². The predicted molar refractivity (Wildman–Crippen MR) is 77.8 cm³/mol. The van der Waals surface area contributed by atoms with Crippen LogP contribution >= 0.6 is 11.3 Å². The topological polar surface area (TPSA) is 41.1 Å². The van der Waals surface area contributed by atoms with Gasteiger partial charge in [-0.3, -0.25) is 10.1 Å². The largest absolute Gasteiger partial charge is 0.352 e. The Balaban J connectivity index is 2.44. The first-order valence-electron chi connectivity index (χ1n) is 6.68. The van der Waals surface area contributed by atoms with Crippen LogP contribution in [0.3, 0.4) is 0 Å². The first-order valence-corrected chi connectivity index (χ1v) is 7.56. The molecule has 0 bridgehead atoms. The van der Waals surface area contributed by atoms with Crippen LogP contribution in [0.15, 0.2) is 17.5 Å². The van der Waals surface area contributed by atoms with Crippen molar-refractivity contribution >= 4 is 17.2 Å². The maximum absolute atomic E-state index is 12.0. The molecular weight excluding hydrogens is 244 g/mol. The minimum absolute atomic E-state index is 0.0899. The van der Waals surface area contributed by atoms with Crippen LogP contribution in [0.2, 0.25) is 0 Å². The Morgan fingerprint density at radius 3 is 2.50 bits per heavy atom. The first-order chi connectivity index (χ1) is 8.58. The number of amides is 1. The lowest BCUT2D eigenvalue weighted by Crippen LogP contribution is -2.46. The van der Waals surface area contributed by atoms with Crippen molar-refractivity contribution in [2.45, 2.75) is 58.7 Å². The van der Waals surface area contributed by atoms with Gasteiger partial charge in [0.2, 0.25) is 5.91 Å². The number of carbonyl (C=O) groups is 1. The molecule has 1 rings (SSSR count). The molecule has 2 atom stereocenters. The van der Waals surface area contributed by atoms with Crippen molar-refractivity contribution in [1.82, 2.24) is 10.6 Å². The van der Waals surface area contributed by atoms with E-state index in [1.165, 1.54) is 4.88 Å². The maximum atomic E-state index is 12.0. The molecule has 0 aliphatic rings. The second-order valence-corrected chi connectivity index (χ2v) is 5.63. The zero-order chi connectivity index (χ0) is 13.5. The number of carbonyl (C=O) groups excluding carboxylic acids is 1. The van der Waals surface area contributed by atoms with Crippen LogP contribution in [0.4, 0.5) is 0 Å². The second kappa shape index (κ2) is 7.54. The monoisotopic (exact) mass is 268 g/mol. The van der Waals surface area contributed by atoms with Crippen molar-refractivity contribution in [3.63, 3.8) is 0 Å². The first kappa shape index (κ1) is 15.2. The van der Waals surface area contributed by atoms with Crippen molar-refractivity contribution in [2.75, 3.05) is 0 Å². The van der Waals surface area contributed by atoms with Crippen molar-refractivity contribution in [2.24, 2.45) is 0 Å². The third kappa shape index (κ3) is 4.42. The normalized spacial score (nSPS) is 14.5. The summed E-state index contributed by atoms with van der Waals surface area (Å²) in [6.07, 6.45) is 1.96. The molecule has 0 aliphatic heterocycles. The fraction of sp³-hybridized carbons (Fsp3) is 0.643. The summed E-state index contributed by atoms with van der Waals surface area (Å²) < 4.78 is 0. The molecule has 1 amide bonds. The molecule has 1 heterocycles. The van der Waals surface area contributed by atoms with E-state index in [4.69, 9.17) is 0 Å². The summed E-state index contributed by atoms with van der Waals surface area (Å²) in [7, 11) is 0. The molecule has 0 saturated heterocycles. The van der Waals surface area contributed by atoms with E-state index in [1.54, 1.807) is 11.3 Å². The molecule has 102 valence electrons. The van der Waals surface area contributed by atoms with Gasteiger partial charge in [-0.1, -0.05) is 19.9 Å². The molecule has 1 unspecified atom stereocenters. The molecule has 18 heavy (non-hydrogen) atoms. The molecule has 0 aromatic carbocycles. The number of hydrogen-bond acceptors (Lipinski definition) is 3. The summed E-state index contributed by atoms with van der Waals surface area (Å²) in [4.78, 5) is 13.3. The average Bonchev–Trinajstić information content (AvgIpc) is 2.89. The molecule has 1 aromatic rings.